The number of quaternary nitrogens is 1. The van der Waals surface area contributed by atoms with Crippen molar-refractivity contribution in [3.8, 4) is 0 Å². The van der Waals surface area contributed by atoms with Crippen LogP contribution < -0.4 is 4.90 Å². The zero-order valence-corrected chi connectivity index (χ0v) is 13.3. The van der Waals surface area contributed by atoms with Crippen molar-refractivity contribution in [2.24, 2.45) is 0 Å². The number of benzene rings is 1. The van der Waals surface area contributed by atoms with Crippen LogP contribution in [0, 0.1) is 10.1 Å². The zero-order valence-electron chi connectivity index (χ0n) is 12.4. The second kappa shape index (κ2) is 4.67. The Bertz CT molecular complexity index is 673. The van der Waals surface area contributed by atoms with Gasteiger partial charge in [0, 0.05) is 23.8 Å². The van der Waals surface area contributed by atoms with Crippen molar-refractivity contribution in [1.29, 1.82) is 0 Å². The number of nitrogens with zero attached hydrogens (tertiary/aromatic N) is 1. The zero-order chi connectivity index (χ0) is 18.5. The van der Waals surface area contributed by atoms with E-state index in [1.54, 1.807) is 12.1 Å². The predicted octanol–water partition coefficient (Wildman–Crippen LogP) is 4.93. The maximum absolute atomic E-state index is 10.8. The Morgan fingerprint density at radius 3 is 2.00 bits per heavy atom. The first kappa shape index (κ1) is 19.4. The number of hydrogen-bond acceptors (Lipinski definition) is 2. The summed E-state index contributed by atoms with van der Waals surface area (Å²) in [5.41, 5.74) is 3.08. The molecular weight excluding hydrogens is 349 g/mol. The third kappa shape index (κ3) is 5.47. The Hall–Kier alpha value is -1.67. The van der Waals surface area contributed by atoms with Gasteiger partial charge in [-0.3, -0.25) is 15.0 Å². The fourth-order valence-corrected chi connectivity index (χ4v) is 2.28. The number of nitrogens with one attached hydrogen (secondary N) is 1. The number of nitro groups is 1. The average Bonchev–Trinajstić information content (AvgIpc) is 2.47. The normalized spacial score (nSPS) is 22.3. The fourth-order valence-electron chi connectivity index (χ4n) is 2.28. The fraction of sp³-hybridized carbons (Fsp3) is 0.333. The molecule has 2 rings (SSSR count). The van der Waals surface area contributed by atoms with Gasteiger partial charge in [0.2, 0.25) is 0 Å². The maximum atomic E-state index is 10.8. The van der Waals surface area contributed by atoms with Crippen molar-refractivity contribution >= 4 is 19.2 Å². The van der Waals surface area contributed by atoms with Gasteiger partial charge in [-0.1, -0.05) is 0 Å². The van der Waals surface area contributed by atoms with Crippen LogP contribution in [0.3, 0.4) is 0 Å². The summed E-state index contributed by atoms with van der Waals surface area (Å²) >= 11 is 0. The molecule has 0 radical (unpaired) electrons. The molecule has 1 atom stereocenters. The Kier molecular flexibility index (Phi) is 3.93. The van der Waals surface area contributed by atoms with E-state index in [-0.39, 0.29) is 16.0 Å². The molecule has 1 aromatic rings. The molecule has 132 valence electrons. The number of fused-ring (bicyclic) bond motifs is 1. The van der Waals surface area contributed by atoms with E-state index in [9.17, 15) is 35.3 Å². The minimum absolute atomic E-state index is 0.148. The van der Waals surface area contributed by atoms with Gasteiger partial charge in [-0.2, -0.15) is 0 Å². The second-order valence-electron chi connectivity index (χ2n) is 5.67. The van der Waals surface area contributed by atoms with E-state index in [4.69, 9.17) is 0 Å². The van der Waals surface area contributed by atoms with Gasteiger partial charge in [0.1, 0.15) is 11.4 Å². The molecule has 1 aliphatic heterocycles. The molecule has 1 aliphatic rings. The Morgan fingerprint density at radius 2 is 1.61 bits per heavy atom. The number of hydrogen-bond donors (Lipinski definition) is 1. The molecule has 0 saturated heterocycles. The summed E-state index contributed by atoms with van der Waals surface area (Å²) in [5.74, 6) is 0. The number of allylic oxidation sites excluding steroid dienone is 1. The van der Waals surface area contributed by atoms with Gasteiger partial charge in [-0.25, -0.2) is 0 Å². The standard InChI is InChI=1S/C12H14N2O2.F6P/c1-8-12(2,3)10-7-9(14(15)16)5-6-11(10)13(8)4;1-7(2,3,4,5)6/h5-7H,1H2,2-4H3;/q;-1/p+1. The molecule has 0 saturated carbocycles. The Morgan fingerprint density at radius 1 is 1.17 bits per heavy atom. The molecule has 0 aliphatic carbocycles. The monoisotopic (exact) mass is 364 g/mol. The van der Waals surface area contributed by atoms with Crippen LogP contribution in [0.2, 0.25) is 0 Å². The second-order valence-corrected chi connectivity index (χ2v) is 7.59. The molecule has 11 heteroatoms. The molecule has 0 fully saturated rings. The Balaban J connectivity index is 0.000000322. The molecule has 1 unspecified atom stereocenters. The number of halogens is 6. The molecule has 1 N–H and O–H groups in total. The van der Waals surface area contributed by atoms with Crippen LogP contribution in [-0.4, -0.2) is 12.0 Å². The van der Waals surface area contributed by atoms with Crippen molar-refractivity contribution in [2.75, 3.05) is 7.05 Å². The van der Waals surface area contributed by atoms with Crippen LogP contribution in [0.5, 0.6) is 0 Å². The van der Waals surface area contributed by atoms with Gasteiger partial charge >= 0.3 is 33.0 Å². The van der Waals surface area contributed by atoms with Gasteiger partial charge in [0.05, 0.1) is 17.4 Å². The van der Waals surface area contributed by atoms with Crippen molar-refractivity contribution in [2.45, 2.75) is 19.3 Å². The van der Waals surface area contributed by atoms with E-state index in [1.807, 2.05) is 27.0 Å². The molecule has 0 amide bonds. The summed E-state index contributed by atoms with van der Waals surface area (Å²) in [7, 11) is -8.64. The minimum atomic E-state index is -10.7. The summed E-state index contributed by atoms with van der Waals surface area (Å²) in [6.07, 6.45) is 0. The van der Waals surface area contributed by atoms with Crippen molar-refractivity contribution in [3.05, 3.63) is 46.2 Å². The molecule has 1 heterocycles. The van der Waals surface area contributed by atoms with E-state index in [0.29, 0.717) is 0 Å². The van der Waals surface area contributed by atoms with Crippen molar-refractivity contribution in [1.82, 2.24) is 0 Å². The molecular formula is C12H15F6N2O2P. The first-order valence-corrected chi connectivity index (χ1v) is 8.22. The topological polar surface area (TPSA) is 47.6 Å². The van der Waals surface area contributed by atoms with E-state index < -0.39 is 7.81 Å². The van der Waals surface area contributed by atoms with Gasteiger partial charge in [-0.15, -0.1) is 0 Å². The van der Waals surface area contributed by atoms with Gasteiger partial charge in [0.15, 0.2) is 0 Å². The molecule has 0 aromatic heterocycles. The summed E-state index contributed by atoms with van der Waals surface area (Å²) in [4.78, 5) is 11.5. The molecule has 1 aromatic carbocycles. The quantitative estimate of drug-likeness (QED) is 0.333. The van der Waals surface area contributed by atoms with Gasteiger partial charge in [0.25, 0.3) is 5.69 Å². The van der Waals surface area contributed by atoms with Crippen molar-refractivity contribution < 1.29 is 35.0 Å². The first-order chi connectivity index (χ1) is 9.80. The van der Waals surface area contributed by atoms with E-state index in [0.717, 1.165) is 21.8 Å². The summed E-state index contributed by atoms with van der Waals surface area (Å²) in [6.45, 7) is 8.17. The Labute approximate surface area is 127 Å². The van der Waals surface area contributed by atoms with Gasteiger partial charge in [-0.05, 0) is 20.4 Å². The third-order valence-electron chi connectivity index (χ3n) is 3.50. The average molecular weight is 364 g/mol. The summed E-state index contributed by atoms with van der Waals surface area (Å²) < 4.78 is 59.2. The van der Waals surface area contributed by atoms with Crippen molar-refractivity contribution in [3.63, 3.8) is 0 Å². The van der Waals surface area contributed by atoms with Crippen LogP contribution in [0.25, 0.3) is 0 Å². The van der Waals surface area contributed by atoms with Crippen LogP contribution in [0.15, 0.2) is 30.5 Å². The molecule has 4 nitrogen and oxygen atoms in total. The number of likely N-dealkylation sites (N-methyl/N-ethyl adjacent to an activating group) is 1. The molecule has 0 spiro atoms. The third-order valence-corrected chi connectivity index (χ3v) is 3.50. The van der Waals surface area contributed by atoms with Crippen LogP contribution in [-0.2, 0) is 5.41 Å². The summed E-state index contributed by atoms with van der Waals surface area (Å²) in [5, 5.41) is 10.8. The van der Waals surface area contributed by atoms with Crippen LogP contribution >= 0.6 is 7.81 Å². The van der Waals surface area contributed by atoms with E-state index >= 15 is 0 Å². The van der Waals surface area contributed by atoms with Crippen LogP contribution in [0.1, 0.15) is 19.4 Å². The predicted molar refractivity (Wildman–Crippen MR) is 75.4 cm³/mol. The van der Waals surface area contributed by atoms with E-state index in [1.165, 1.54) is 0 Å². The SMILES string of the molecule is C=C1[NH+](C)c2ccc([N+](=O)[O-])cc2C1(C)C.F[P-](F)(F)(F)(F)F. The number of nitro benzene ring substituents is 1. The number of non-ortho nitro benzene ring substituents is 1. The molecule has 0 bridgehead atoms. The summed E-state index contributed by atoms with van der Waals surface area (Å²) in [6, 6.07) is 5.04. The van der Waals surface area contributed by atoms with E-state index in [2.05, 4.69) is 6.58 Å². The van der Waals surface area contributed by atoms with Crippen LogP contribution in [0.4, 0.5) is 36.6 Å². The van der Waals surface area contributed by atoms with Gasteiger partial charge < -0.3 is 0 Å². The first-order valence-electron chi connectivity index (χ1n) is 6.19. The molecule has 23 heavy (non-hydrogen) atoms. The number of rotatable bonds is 1.